The first-order valence-electron chi connectivity index (χ1n) is 3.99. The van der Waals surface area contributed by atoms with Crippen LogP contribution in [0, 0.1) is 0 Å². The Hall–Kier alpha value is -1.57. The molecule has 0 aliphatic heterocycles. The number of hydrogen-bond donors (Lipinski definition) is 2. The summed E-state index contributed by atoms with van der Waals surface area (Å²) in [6.45, 7) is -1.09. The second kappa shape index (κ2) is 4.30. The maximum Gasteiger partial charge on any atom is 0.405 e. The Balaban J connectivity index is 2.77. The number of hydrazine groups is 1. The third-order valence-electron chi connectivity index (χ3n) is 1.58. The Morgan fingerprint density at radius 2 is 2.13 bits per heavy atom. The van der Waals surface area contributed by atoms with Gasteiger partial charge in [0.2, 0.25) is 0 Å². The van der Waals surface area contributed by atoms with Crippen LogP contribution in [0.2, 0.25) is 0 Å². The molecule has 0 unspecified atom stereocenters. The highest BCUT2D eigenvalue weighted by Gasteiger charge is 2.29. The van der Waals surface area contributed by atoms with Gasteiger partial charge in [-0.2, -0.15) is 13.2 Å². The molecular weight excluding hydrogens is 211 g/mol. The summed E-state index contributed by atoms with van der Waals surface area (Å²) < 4.78 is 36.1. The molecule has 0 saturated carbocycles. The monoisotopic (exact) mass is 221 g/mol. The summed E-state index contributed by atoms with van der Waals surface area (Å²) in [4.78, 5) is 8.43. The molecule has 0 atom stereocenters. The molecule has 1 rings (SSSR count). The first kappa shape index (κ1) is 11.5. The molecule has 0 spiro atoms. The van der Waals surface area contributed by atoms with Gasteiger partial charge in [-0.3, -0.25) is 4.98 Å². The largest absolute Gasteiger partial charge is 0.405 e. The average molecular weight is 221 g/mol. The minimum absolute atomic E-state index is 0.0998. The fourth-order valence-electron chi connectivity index (χ4n) is 0.959. The van der Waals surface area contributed by atoms with E-state index in [1.165, 1.54) is 19.4 Å². The van der Waals surface area contributed by atoms with Crippen molar-refractivity contribution in [3.63, 3.8) is 0 Å². The molecule has 0 fully saturated rings. The Bertz CT molecular complexity index is 327. The van der Waals surface area contributed by atoms with Crippen molar-refractivity contribution >= 4 is 11.6 Å². The molecule has 3 N–H and O–H groups in total. The number of anilines is 2. The molecule has 8 heteroatoms. The van der Waals surface area contributed by atoms with Crippen molar-refractivity contribution in [2.75, 3.05) is 23.9 Å². The van der Waals surface area contributed by atoms with E-state index in [0.717, 1.165) is 4.90 Å². The highest BCUT2D eigenvalue weighted by atomic mass is 19.4. The average Bonchev–Trinajstić information content (AvgIpc) is 2.15. The number of nitrogens with zero attached hydrogens (tertiary/aromatic N) is 3. The standard InChI is InChI=1S/C7H10F3N5/c1-15(4-7(8,9)10)6-3-12-2-5(13-6)14-11/h2-3H,4,11H2,1H3,(H,13,14). The Morgan fingerprint density at radius 1 is 1.47 bits per heavy atom. The number of nitrogens with two attached hydrogens (primary N) is 1. The van der Waals surface area contributed by atoms with Gasteiger partial charge in [0.05, 0.1) is 12.4 Å². The van der Waals surface area contributed by atoms with Gasteiger partial charge in [0, 0.05) is 7.05 Å². The van der Waals surface area contributed by atoms with E-state index in [9.17, 15) is 13.2 Å². The molecule has 0 aromatic carbocycles. The van der Waals surface area contributed by atoms with E-state index in [4.69, 9.17) is 5.84 Å². The first-order valence-corrected chi connectivity index (χ1v) is 3.99. The minimum atomic E-state index is -4.28. The predicted octanol–water partition coefficient (Wildman–Crippen LogP) is 0.761. The summed E-state index contributed by atoms with van der Waals surface area (Å²) in [5, 5.41) is 0. The number of hydrogen-bond acceptors (Lipinski definition) is 5. The fourth-order valence-corrected chi connectivity index (χ4v) is 0.959. The molecule has 84 valence electrons. The Kier molecular flexibility index (Phi) is 3.30. The van der Waals surface area contributed by atoms with Gasteiger partial charge < -0.3 is 10.3 Å². The van der Waals surface area contributed by atoms with Gasteiger partial charge in [0.1, 0.15) is 12.4 Å². The third-order valence-corrected chi connectivity index (χ3v) is 1.58. The molecule has 0 aliphatic carbocycles. The normalized spacial score (nSPS) is 11.3. The van der Waals surface area contributed by atoms with Crippen molar-refractivity contribution in [1.82, 2.24) is 9.97 Å². The van der Waals surface area contributed by atoms with Gasteiger partial charge >= 0.3 is 6.18 Å². The molecule has 0 amide bonds. The lowest BCUT2D eigenvalue weighted by molar-refractivity contribution is -0.119. The van der Waals surface area contributed by atoms with Gasteiger partial charge in [0.25, 0.3) is 0 Å². The summed E-state index contributed by atoms with van der Waals surface area (Å²) in [5.41, 5.74) is 2.20. The highest BCUT2D eigenvalue weighted by molar-refractivity contribution is 5.42. The summed E-state index contributed by atoms with van der Waals surface area (Å²) in [6, 6.07) is 0. The second-order valence-corrected chi connectivity index (χ2v) is 2.88. The number of halogens is 3. The van der Waals surface area contributed by atoms with E-state index in [1.807, 2.05) is 0 Å². The lowest BCUT2D eigenvalue weighted by Crippen LogP contribution is -2.31. The van der Waals surface area contributed by atoms with Crippen LogP contribution >= 0.6 is 0 Å². The van der Waals surface area contributed by atoms with E-state index in [2.05, 4.69) is 15.4 Å². The summed E-state index contributed by atoms with van der Waals surface area (Å²) in [5.74, 6) is 5.36. The van der Waals surface area contributed by atoms with E-state index in [1.54, 1.807) is 0 Å². The van der Waals surface area contributed by atoms with Crippen molar-refractivity contribution < 1.29 is 13.2 Å². The molecule has 0 aliphatic rings. The van der Waals surface area contributed by atoms with Crippen molar-refractivity contribution in [2.24, 2.45) is 5.84 Å². The van der Waals surface area contributed by atoms with Gasteiger partial charge in [-0.05, 0) is 0 Å². The zero-order valence-electron chi connectivity index (χ0n) is 7.91. The van der Waals surface area contributed by atoms with Crippen LogP contribution in [0.25, 0.3) is 0 Å². The van der Waals surface area contributed by atoms with Gasteiger partial charge in [-0.15, -0.1) is 0 Å². The topological polar surface area (TPSA) is 67.1 Å². The molecule has 0 saturated heterocycles. The summed E-state index contributed by atoms with van der Waals surface area (Å²) in [7, 11) is 1.28. The minimum Gasteiger partial charge on any atom is -0.349 e. The van der Waals surface area contributed by atoms with E-state index < -0.39 is 12.7 Å². The van der Waals surface area contributed by atoms with Crippen LogP contribution in [0.15, 0.2) is 12.4 Å². The molecule has 0 bridgehead atoms. The van der Waals surface area contributed by atoms with Gasteiger partial charge in [-0.1, -0.05) is 0 Å². The molecule has 1 aromatic rings. The predicted molar refractivity (Wildman–Crippen MR) is 49.2 cm³/mol. The molecule has 0 radical (unpaired) electrons. The maximum absolute atomic E-state index is 12.0. The number of nitrogens with one attached hydrogen (secondary N) is 1. The summed E-state index contributed by atoms with van der Waals surface area (Å²) in [6.07, 6.45) is -1.74. The van der Waals surface area contributed by atoms with Crippen LogP contribution in [0.1, 0.15) is 0 Å². The molecular formula is C7H10F3N5. The van der Waals surface area contributed by atoms with Crippen LogP contribution in [0.4, 0.5) is 24.8 Å². The smallest absolute Gasteiger partial charge is 0.349 e. The first-order chi connectivity index (χ1) is 6.92. The van der Waals surface area contributed by atoms with E-state index in [0.29, 0.717) is 0 Å². The van der Waals surface area contributed by atoms with Crippen molar-refractivity contribution in [2.45, 2.75) is 6.18 Å². The lowest BCUT2D eigenvalue weighted by atomic mass is 10.5. The van der Waals surface area contributed by atoms with Gasteiger partial charge in [0.15, 0.2) is 5.82 Å². The Morgan fingerprint density at radius 3 is 2.67 bits per heavy atom. The maximum atomic E-state index is 12.0. The molecule has 15 heavy (non-hydrogen) atoms. The number of rotatable bonds is 3. The zero-order chi connectivity index (χ0) is 11.5. The number of alkyl halides is 3. The van der Waals surface area contributed by atoms with Crippen LogP contribution in [0.5, 0.6) is 0 Å². The van der Waals surface area contributed by atoms with Crippen molar-refractivity contribution in [1.29, 1.82) is 0 Å². The Labute approximate surface area is 84.1 Å². The van der Waals surface area contributed by atoms with Crippen LogP contribution in [-0.4, -0.2) is 29.7 Å². The lowest BCUT2D eigenvalue weighted by Gasteiger charge is -2.19. The fraction of sp³-hybridized carbons (Fsp3) is 0.429. The van der Waals surface area contributed by atoms with Crippen LogP contribution in [-0.2, 0) is 0 Å². The van der Waals surface area contributed by atoms with Crippen molar-refractivity contribution in [3.8, 4) is 0 Å². The quantitative estimate of drug-likeness (QED) is 0.582. The number of aromatic nitrogens is 2. The molecule has 1 aromatic heterocycles. The van der Waals surface area contributed by atoms with E-state index in [-0.39, 0.29) is 11.6 Å². The molecule has 1 heterocycles. The molecule has 5 nitrogen and oxygen atoms in total. The van der Waals surface area contributed by atoms with Crippen molar-refractivity contribution in [3.05, 3.63) is 12.4 Å². The van der Waals surface area contributed by atoms with Crippen LogP contribution in [0.3, 0.4) is 0 Å². The van der Waals surface area contributed by atoms with E-state index >= 15 is 0 Å². The van der Waals surface area contributed by atoms with Gasteiger partial charge in [-0.25, -0.2) is 10.8 Å². The second-order valence-electron chi connectivity index (χ2n) is 2.88. The zero-order valence-corrected chi connectivity index (χ0v) is 7.91. The third kappa shape index (κ3) is 3.58. The number of nitrogen functional groups attached to an aromatic ring is 1. The highest BCUT2D eigenvalue weighted by Crippen LogP contribution is 2.19. The van der Waals surface area contributed by atoms with Crippen LogP contribution < -0.4 is 16.2 Å². The SMILES string of the molecule is CN(CC(F)(F)F)c1cncc(NN)n1. The summed E-state index contributed by atoms with van der Waals surface area (Å²) >= 11 is 0.